The van der Waals surface area contributed by atoms with E-state index in [9.17, 15) is 14.7 Å². The number of aliphatic carboxylic acids is 1. The average molecular weight is 494 g/mol. The van der Waals surface area contributed by atoms with Crippen molar-refractivity contribution in [3.05, 3.63) is 52.0 Å². The maximum atomic E-state index is 13.3. The molecule has 0 unspecified atom stereocenters. The molecule has 3 aromatic rings. The smallest absolute Gasteiger partial charge is 0.305 e. The highest BCUT2D eigenvalue weighted by atomic mass is 32.1. The summed E-state index contributed by atoms with van der Waals surface area (Å²) in [7, 11) is 0. The van der Waals surface area contributed by atoms with E-state index in [1.54, 1.807) is 11.3 Å². The summed E-state index contributed by atoms with van der Waals surface area (Å²) in [5.74, 6) is 0.596. The minimum absolute atomic E-state index is 0.0276. The Morgan fingerprint density at radius 3 is 2.66 bits per heavy atom. The standard InChI is InChI=1S/C28H35N3O3S/c1-19-8-3-4-10-23(19)31-24-12-11-20(16-22(24)29-25(31)17-21-9-7-15-35-21)27(34)30-28(18-26(32)33)13-5-2-6-14-28/h7,9,11-12,15-16,19,23H,2-6,8,10,13-14,17-18H2,1H3,(H,30,34)(H,32,33)/t19-,23-/m1/s1. The van der Waals surface area contributed by atoms with Gasteiger partial charge in [0.05, 0.1) is 23.0 Å². The lowest BCUT2D eigenvalue weighted by Gasteiger charge is -2.37. The summed E-state index contributed by atoms with van der Waals surface area (Å²) in [6.07, 6.45) is 10.1. The van der Waals surface area contributed by atoms with Crippen LogP contribution >= 0.6 is 11.3 Å². The summed E-state index contributed by atoms with van der Waals surface area (Å²) in [5, 5.41) is 14.7. The third-order valence-corrected chi connectivity index (χ3v) is 8.89. The molecule has 2 aliphatic rings. The molecular weight excluding hydrogens is 458 g/mol. The molecule has 2 saturated carbocycles. The summed E-state index contributed by atoms with van der Waals surface area (Å²) >= 11 is 1.75. The van der Waals surface area contributed by atoms with Gasteiger partial charge in [-0.1, -0.05) is 45.1 Å². The fourth-order valence-electron chi connectivity index (χ4n) is 6.21. The molecule has 7 heteroatoms. The molecule has 0 bridgehead atoms. The zero-order valence-corrected chi connectivity index (χ0v) is 21.3. The van der Waals surface area contributed by atoms with Crippen LogP contribution in [-0.4, -0.2) is 32.1 Å². The van der Waals surface area contributed by atoms with Crippen molar-refractivity contribution in [3.63, 3.8) is 0 Å². The van der Waals surface area contributed by atoms with Gasteiger partial charge in [-0.25, -0.2) is 4.98 Å². The summed E-state index contributed by atoms with van der Waals surface area (Å²) in [4.78, 5) is 31.2. The quantitative estimate of drug-likeness (QED) is 0.402. The van der Waals surface area contributed by atoms with E-state index >= 15 is 0 Å². The molecule has 2 aromatic heterocycles. The van der Waals surface area contributed by atoms with Crippen molar-refractivity contribution < 1.29 is 14.7 Å². The monoisotopic (exact) mass is 493 g/mol. The van der Waals surface area contributed by atoms with E-state index in [4.69, 9.17) is 4.98 Å². The number of benzene rings is 1. The van der Waals surface area contributed by atoms with Crippen LogP contribution in [0.5, 0.6) is 0 Å². The average Bonchev–Trinajstić information content (AvgIpc) is 3.46. The number of amides is 1. The van der Waals surface area contributed by atoms with Gasteiger partial charge < -0.3 is 15.0 Å². The first-order chi connectivity index (χ1) is 16.9. The number of fused-ring (bicyclic) bond motifs is 1. The van der Waals surface area contributed by atoms with Gasteiger partial charge in [0.1, 0.15) is 5.82 Å². The number of nitrogens with one attached hydrogen (secondary N) is 1. The van der Waals surface area contributed by atoms with Crippen molar-refractivity contribution >= 4 is 34.2 Å². The Hall–Kier alpha value is -2.67. The lowest BCUT2D eigenvalue weighted by Crippen LogP contribution is -2.51. The SMILES string of the molecule is C[C@@H]1CCCC[C@H]1n1c(Cc2cccs2)nc2cc(C(=O)NC3(CC(=O)O)CCCCC3)ccc21. The minimum Gasteiger partial charge on any atom is -0.481 e. The number of aromatic nitrogens is 2. The van der Waals surface area contributed by atoms with Gasteiger partial charge >= 0.3 is 5.97 Å². The molecule has 186 valence electrons. The molecule has 1 aromatic carbocycles. The van der Waals surface area contributed by atoms with E-state index in [1.807, 2.05) is 18.2 Å². The maximum absolute atomic E-state index is 13.3. The molecule has 0 saturated heterocycles. The molecule has 0 aliphatic heterocycles. The van der Waals surface area contributed by atoms with Crippen LogP contribution in [0.1, 0.15) is 98.2 Å². The zero-order chi connectivity index (χ0) is 24.4. The third kappa shape index (κ3) is 5.15. The fourth-order valence-corrected chi connectivity index (χ4v) is 6.91. The molecular formula is C28H35N3O3S. The molecule has 0 spiro atoms. The van der Waals surface area contributed by atoms with Gasteiger partial charge in [0.15, 0.2) is 0 Å². The van der Waals surface area contributed by atoms with Gasteiger partial charge in [-0.05, 0) is 61.2 Å². The molecule has 6 nitrogen and oxygen atoms in total. The number of carboxylic acids is 1. The van der Waals surface area contributed by atoms with E-state index < -0.39 is 11.5 Å². The first-order valence-corrected chi connectivity index (χ1v) is 13.9. The van der Waals surface area contributed by atoms with Crippen LogP contribution in [0.3, 0.4) is 0 Å². The van der Waals surface area contributed by atoms with E-state index in [2.05, 4.69) is 34.3 Å². The van der Waals surface area contributed by atoms with E-state index in [0.717, 1.165) is 49.0 Å². The number of hydrogen-bond donors (Lipinski definition) is 2. The Labute approximate surface area is 210 Å². The fraction of sp³-hybridized carbons (Fsp3) is 0.536. The summed E-state index contributed by atoms with van der Waals surface area (Å²) < 4.78 is 2.44. The van der Waals surface area contributed by atoms with Crippen LogP contribution in [0.15, 0.2) is 35.7 Å². The van der Waals surface area contributed by atoms with Crippen molar-refractivity contribution in [1.29, 1.82) is 0 Å². The molecule has 0 radical (unpaired) electrons. The van der Waals surface area contributed by atoms with Crippen molar-refractivity contribution in [2.75, 3.05) is 0 Å². The Kier molecular flexibility index (Phi) is 6.96. The lowest BCUT2D eigenvalue weighted by atomic mass is 9.79. The van der Waals surface area contributed by atoms with Crippen molar-refractivity contribution in [2.45, 2.75) is 89.1 Å². The molecule has 1 amide bonds. The number of nitrogens with zero attached hydrogens (tertiary/aromatic N) is 2. The number of carboxylic acid groups (broad SMARTS) is 1. The second-order valence-electron chi connectivity index (χ2n) is 10.6. The Bertz CT molecular complexity index is 1190. The number of thiophene rings is 1. The third-order valence-electron chi connectivity index (χ3n) is 8.01. The van der Waals surface area contributed by atoms with E-state index in [1.165, 1.54) is 24.1 Å². The normalized spacial score (nSPS) is 22.2. The van der Waals surface area contributed by atoms with Crippen molar-refractivity contribution in [3.8, 4) is 0 Å². The number of hydrogen-bond acceptors (Lipinski definition) is 4. The molecule has 2 aliphatic carbocycles. The number of carbonyl (C=O) groups excluding carboxylic acids is 1. The minimum atomic E-state index is -0.860. The Balaban J connectivity index is 1.48. The number of carbonyl (C=O) groups is 2. The van der Waals surface area contributed by atoms with Crippen LogP contribution < -0.4 is 5.32 Å². The predicted octanol–water partition coefficient (Wildman–Crippen LogP) is 6.35. The predicted molar refractivity (Wildman–Crippen MR) is 139 cm³/mol. The Morgan fingerprint density at radius 2 is 1.94 bits per heavy atom. The Morgan fingerprint density at radius 1 is 1.14 bits per heavy atom. The highest BCUT2D eigenvalue weighted by molar-refractivity contribution is 7.09. The highest BCUT2D eigenvalue weighted by Crippen LogP contribution is 2.38. The van der Waals surface area contributed by atoms with Gasteiger partial charge in [-0.15, -0.1) is 11.3 Å². The van der Waals surface area contributed by atoms with Gasteiger partial charge in [0.25, 0.3) is 5.91 Å². The van der Waals surface area contributed by atoms with Crippen LogP contribution in [0.25, 0.3) is 11.0 Å². The van der Waals surface area contributed by atoms with Crippen LogP contribution in [0, 0.1) is 5.92 Å². The number of rotatable bonds is 7. The maximum Gasteiger partial charge on any atom is 0.305 e. The first kappa shape index (κ1) is 24.0. The van der Waals surface area contributed by atoms with Gasteiger partial charge in [0.2, 0.25) is 0 Å². The molecule has 2 fully saturated rings. The molecule has 2 N–H and O–H groups in total. The topological polar surface area (TPSA) is 84.2 Å². The zero-order valence-electron chi connectivity index (χ0n) is 20.5. The van der Waals surface area contributed by atoms with Gasteiger partial charge in [0, 0.05) is 22.9 Å². The molecule has 2 heterocycles. The first-order valence-electron chi connectivity index (χ1n) is 13.0. The molecule has 2 atom stereocenters. The van der Waals surface area contributed by atoms with Crippen LogP contribution in [0.4, 0.5) is 0 Å². The summed E-state index contributed by atoms with van der Waals surface area (Å²) in [5.41, 5.74) is 1.83. The summed E-state index contributed by atoms with van der Waals surface area (Å²) in [6, 6.07) is 10.5. The highest BCUT2D eigenvalue weighted by Gasteiger charge is 2.36. The van der Waals surface area contributed by atoms with Gasteiger partial charge in [-0.2, -0.15) is 0 Å². The van der Waals surface area contributed by atoms with E-state index in [-0.39, 0.29) is 12.3 Å². The van der Waals surface area contributed by atoms with Crippen LogP contribution in [0.2, 0.25) is 0 Å². The summed E-state index contributed by atoms with van der Waals surface area (Å²) in [6.45, 7) is 2.35. The van der Waals surface area contributed by atoms with Crippen molar-refractivity contribution in [1.82, 2.24) is 14.9 Å². The largest absolute Gasteiger partial charge is 0.481 e. The van der Waals surface area contributed by atoms with Gasteiger partial charge in [-0.3, -0.25) is 9.59 Å². The second-order valence-corrected chi connectivity index (χ2v) is 11.6. The molecule has 5 rings (SSSR count). The molecule has 35 heavy (non-hydrogen) atoms. The van der Waals surface area contributed by atoms with Crippen molar-refractivity contribution in [2.24, 2.45) is 5.92 Å². The van der Waals surface area contributed by atoms with E-state index in [0.29, 0.717) is 30.4 Å². The number of imidazole rings is 1. The second kappa shape index (κ2) is 10.1. The lowest BCUT2D eigenvalue weighted by molar-refractivity contribution is -0.139. The van der Waals surface area contributed by atoms with Crippen LogP contribution in [-0.2, 0) is 11.2 Å².